The molecule has 8 heteroatoms. The van der Waals surface area contributed by atoms with Crippen molar-refractivity contribution in [3.63, 3.8) is 0 Å². The SMILES string of the molecule is CN=C(NCCC(=O)Nc1cccc(C)n1)NCC(c1ccc(OC)cc1)N1CCCC1. The number of nitrogens with one attached hydrogen (secondary N) is 3. The van der Waals surface area contributed by atoms with Crippen molar-refractivity contribution in [2.45, 2.75) is 32.2 Å². The fraction of sp³-hybridized carbons (Fsp3) is 0.458. The third kappa shape index (κ3) is 6.95. The first-order valence-corrected chi connectivity index (χ1v) is 11.1. The first kappa shape index (κ1) is 23.5. The van der Waals surface area contributed by atoms with Crippen LogP contribution in [0.5, 0.6) is 5.75 Å². The number of pyridine rings is 1. The number of guanidine groups is 1. The number of hydrogen-bond donors (Lipinski definition) is 3. The van der Waals surface area contributed by atoms with E-state index in [1.54, 1.807) is 20.2 Å². The smallest absolute Gasteiger partial charge is 0.227 e. The van der Waals surface area contributed by atoms with Crippen molar-refractivity contribution in [3.05, 3.63) is 53.7 Å². The molecule has 1 aliphatic heterocycles. The maximum absolute atomic E-state index is 12.2. The lowest BCUT2D eigenvalue weighted by molar-refractivity contribution is -0.116. The summed E-state index contributed by atoms with van der Waals surface area (Å²) in [4.78, 5) is 23.3. The van der Waals surface area contributed by atoms with Gasteiger partial charge in [-0.15, -0.1) is 0 Å². The molecule has 1 aliphatic rings. The molecule has 32 heavy (non-hydrogen) atoms. The number of ether oxygens (including phenoxy) is 1. The van der Waals surface area contributed by atoms with E-state index in [1.807, 2.05) is 31.2 Å². The Labute approximate surface area is 190 Å². The zero-order valence-corrected chi connectivity index (χ0v) is 19.2. The summed E-state index contributed by atoms with van der Waals surface area (Å²) in [5.41, 5.74) is 2.12. The number of nitrogens with zero attached hydrogens (tertiary/aromatic N) is 3. The van der Waals surface area contributed by atoms with Crippen LogP contribution in [0.15, 0.2) is 47.5 Å². The summed E-state index contributed by atoms with van der Waals surface area (Å²) in [6, 6.07) is 14.1. The van der Waals surface area contributed by atoms with Gasteiger partial charge >= 0.3 is 0 Å². The normalized spacial score (nSPS) is 15.3. The third-order valence-electron chi connectivity index (χ3n) is 5.57. The molecule has 0 bridgehead atoms. The number of aliphatic imine (C=N–C) groups is 1. The highest BCUT2D eigenvalue weighted by molar-refractivity contribution is 5.90. The summed E-state index contributed by atoms with van der Waals surface area (Å²) < 4.78 is 5.30. The van der Waals surface area contributed by atoms with E-state index in [2.05, 4.69) is 43.0 Å². The standard InChI is InChI=1S/C24H34N6O2/c1-18-7-6-8-22(28-18)29-23(31)13-14-26-24(25-2)27-17-21(30-15-4-5-16-30)19-9-11-20(32-3)12-10-19/h6-12,21H,4-5,13-17H2,1-3H3,(H2,25,26,27)(H,28,29,31). The maximum atomic E-state index is 12.2. The molecular weight excluding hydrogens is 404 g/mol. The van der Waals surface area contributed by atoms with Crippen molar-refractivity contribution >= 4 is 17.7 Å². The number of aromatic nitrogens is 1. The van der Waals surface area contributed by atoms with E-state index in [4.69, 9.17) is 4.74 Å². The van der Waals surface area contributed by atoms with Gasteiger partial charge < -0.3 is 20.7 Å². The zero-order valence-electron chi connectivity index (χ0n) is 19.2. The molecule has 3 N–H and O–H groups in total. The Morgan fingerprint density at radius 1 is 1.16 bits per heavy atom. The van der Waals surface area contributed by atoms with Gasteiger partial charge in [-0.2, -0.15) is 0 Å². The summed E-state index contributed by atoms with van der Waals surface area (Å²) >= 11 is 0. The third-order valence-corrected chi connectivity index (χ3v) is 5.57. The predicted molar refractivity (Wildman–Crippen MR) is 128 cm³/mol. The summed E-state index contributed by atoms with van der Waals surface area (Å²) in [6.45, 7) is 5.29. The number of amides is 1. The average molecular weight is 439 g/mol. The molecule has 2 aromatic rings. The molecule has 0 saturated carbocycles. The minimum Gasteiger partial charge on any atom is -0.497 e. The molecule has 1 aromatic carbocycles. The van der Waals surface area contributed by atoms with E-state index in [0.29, 0.717) is 24.7 Å². The molecule has 0 spiro atoms. The van der Waals surface area contributed by atoms with Gasteiger partial charge in [0.1, 0.15) is 11.6 Å². The second-order valence-electron chi connectivity index (χ2n) is 7.87. The number of anilines is 1. The Bertz CT molecular complexity index is 894. The van der Waals surface area contributed by atoms with Crippen LogP contribution in [0.25, 0.3) is 0 Å². The summed E-state index contributed by atoms with van der Waals surface area (Å²) in [7, 11) is 3.42. The Hall–Kier alpha value is -3.13. The van der Waals surface area contributed by atoms with Crippen LogP contribution in [0.3, 0.4) is 0 Å². The lowest BCUT2D eigenvalue weighted by atomic mass is 10.1. The fourth-order valence-electron chi connectivity index (χ4n) is 3.86. The van der Waals surface area contributed by atoms with Crippen LogP contribution >= 0.6 is 0 Å². The second kappa shape index (κ2) is 12.0. The number of carbonyl (C=O) groups is 1. The van der Waals surface area contributed by atoms with Gasteiger partial charge in [-0.3, -0.25) is 14.7 Å². The topological polar surface area (TPSA) is 90.9 Å². The van der Waals surface area contributed by atoms with Crippen molar-refractivity contribution in [2.75, 3.05) is 45.7 Å². The molecule has 3 rings (SSSR count). The van der Waals surface area contributed by atoms with Gasteiger partial charge in [-0.25, -0.2) is 4.98 Å². The van der Waals surface area contributed by atoms with E-state index in [-0.39, 0.29) is 11.9 Å². The zero-order chi connectivity index (χ0) is 22.8. The van der Waals surface area contributed by atoms with Gasteiger partial charge in [0, 0.05) is 32.3 Å². The molecule has 1 unspecified atom stereocenters. The second-order valence-corrected chi connectivity index (χ2v) is 7.87. The molecule has 0 aliphatic carbocycles. The minimum absolute atomic E-state index is 0.0840. The van der Waals surface area contributed by atoms with E-state index in [0.717, 1.165) is 31.1 Å². The molecule has 8 nitrogen and oxygen atoms in total. The van der Waals surface area contributed by atoms with Crippen LogP contribution in [0, 0.1) is 6.92 Å². The average Bonchev–Trinajstić information content (AvgIpc) is 3.33. The number of carbonyl (C=O) groups excluding carboxylic acids is 1. The number of hydrogen-bond acceptors (Lipinski definition) is 5. The van der Waals surface area contributed by atoms with Crippen LogP contribution in [-0.4, -0.2) is 62.1 Å². The van der Waals surface area contributed by atoms with Gasteiger partial charge in [0.25, 0.3) is 0 Å². The van der Waals surface area contributed by atoms with Crippen molar-refractivity contribution in [1.82, 2.24) is 20.5 Å². The quantitative estimate of drug-likeness (QED) is 0.412. The van der Waals surface area contributed by atoms with Gasteiger partial charge in [0.15, 0.2) is 5.96 Å². The molecule has 1 saturated heterocycles. The lowest BCUT2D eigenvalue weighted by Crippen LogP contribution is -2.43. The monoisotopic (exact) mass is 438 g/mol. The Balaban J connectivity index is 1.50. The molecule has 2 heterocycles. The Morgan fingerprint density at radius 3 is 2.56 bits per heavy atom. The van der Waals surface area contributed by atoms with Gasteiger partial charge in [0.05, 0.1) is 13.2 Å². The molecular formula is C24H34N6O2. The molecule has 172 valence electrons. The van der Waals surface area contributed by atoms with Crippen LogP contribution in [0.1, 0.15) is 36.6 Å². The first-order chi connectivity index (χ1) is 15.6. The maximum Gasteiger partial charge on any atom is 0.227 e. The minimum atomic E-state index is -0.0840. The summed E-state index contributed by atoms with van der Waals surface area (Å²) in [5.74, 6) is 2.03. The van der Waals surface area contributed by atoms with Crippen LogP contribution in [0.2, 0.25) is 0 Å². The van der Waals surface area contributed by atoms with E-state index in [9.17, 15) is 4.79 Å². The van der Waals surface area contributed by atoms with Crippen LogP contribution < -0.4 is 20.7 Å². The first-order valence-electron chi connectivity index (χ1n) is 11.1. The molecule has 0 radical (unpaired) electrons. The van der Waals surface area contributed by atoms with Crippen LogP contribution in [-0.2, 0) is 4.79 Å². The van der Waals surface area contributed by atoms with E-state index in [1.165, 1.54) is 18.4 Å². The number of aryl methyl sites for hydroxylation is 1. The Morgan fingerprint density at radius 2 is 1.91 bits per heavy atom. The van der Waals surface area contributed by atoms with Crippen molar-refractivity contribution in [1.29, 1.82) is 0 Å². The molecule has 1 aromatic heterocycles. The number of rotatable bonds is 9. The van der Waals surface area contributed by atoms with Gasteiger partial charge in [0.2, 0.25) is 5.91 Å². The lowest BCUT2D eigenvalue weighted by Gasteiger charge is -2.29. The number of methoxy groups -OCH3 is 1. The van der Waals surface area contributed by atoms with Gasteiger partial charge in [-0.1, -0.05) is 18.2 Å². The fourth-order valence-corrected chi connectivity index (χ4v) is 3.86. The van der Waals surface area contributed by atoms with E-state index < -0.39 is 0 Å². The Kier molecular flexibility index (Phi) is 8.86. The summed E-state index contributed by atoms with van der Waals surface area (Å²) in [6.07, 6.45) is 2.78. The highest BCUT2D eigenvalue weighted by Gasteiger charge is 2.23. The highest BCUT2D eigenvalue weighted by Crippen LogP contribution is 2.26. The molecule has 1 amide bonds. The largest absolute Gasteiger partial charge is 0.497 e. The van der Waals surface area contributed by atoms with Crippen molar-refractivity contribution < 1.29 is 9.53 Å². The van der Waals surface area contributed by atoms with Gasteiger partial charge in [-0.05, 0) is 62.7 Å². The van der Waals surface area contributed by atoms with Crippen molar-refractivity contribution in [3.8, 4) is 5.75 Å². The molecule has 1 fully saturated rings. The predicted octanol–water partition coefficient (Wildman–Crippen LogP) is 2.73. The highest BCUT2D eigenvalue weighted by atomic mass is 16.5. The van der Waals surface area contributed by atoms with E-state index >= 15 is 0 Å². The van der Waals surface area contributed by atoms with Crippen LogP contribution in [0.4, 0.5) is 5.82 Å². The molecule has 1 atom stereocenters. The van der Waals surface area contributed by atoms with Crippen molar-refractivity contribution in [2.24, 2.45) is 4.99 Å². The number of likely N-dealkylation sites (tertiary alicyclic amines) is 1. The number of benzene rings is 1. The summed E-state index contributed by atoms with van der Waals surface area (Å²) in [5, 5.41) is 9.48.